The lowest BCUT2D eigenvalue weighted by atomic mass is 9.92. The predicted molar refractivity (Wildman–Crippen MR) is 154 cm³/mol. The number of thioether (sulfide) groups is 2. The summed E-state index contributed by atoms with van der Waals surface area (Å²) in [6, 6.07) is 14.3. The van der Waals surface area contributed by atoms with Crippen molar-refractivity contribution in [1.82, 2.24) is 10.2 Å². The molecule has 1 N–H and O–H groups in total. The average molecular weight is 541 g/mol. The molecule has 1 saturated carbocycles. The van der Waals surface area contributed by atoms with Gasteiger partial charge in [-0.25, -0.2) is 4.39 Å². The number of nitrogens with zero attached hydrogens (tertiary/aromatic N) is 1. The Labute approximate surface area is 228 Å². The highest BCUT2D eigenvalue weighted by molar-refractivity contribution is 8.04. The van der Waals surface area contributed by atoms with Crippen LogP contribution >= 0.6 is 23.5 Å². The van der Waals surface area contributed by atoms with Gasteiger partial charge in [0.2, 0.25) is 0 Å². The maximum absolute atomic E-state index is 14.4. The third-order valence-corrected chi connectivity index (χ3v) is 9.53. The second kappa shape index (κ2) is 14.1. The number of fused-ring (bicyclic) bond motifs is 1. The number of nitrogens with one attached hydrogen (secondary N) is 1. The van der Waals surface area contributed by atoms with Gasteiger partial charge in [-0.1, -0.05) is 56.5 Å². The van der Waals surface area contributed by atoms with Crippen LogP contribution in [0.15, 0.2) is 53.4 Å². The van der Waals surface area contributed by atoms with E-state index >= 15 is 0 Å². The van der Waals surface area contributed by atoms with Crippen LogP contribution in [0.2, 0.25) is 0 Å². The molecule has 2 amide bonds. The molecule has 2 aliphatic rings. The Bertz CT molecular complexity index is 1090. The predicted octanol–water partition coefficient (Wildman–Crippen LogP) is 6.91. The number of hydrogen-bond acceptors (Lipinski definition) is 4. The van der Waals surface area contributed by atoms with Crippen molar-refractivity contribution in [2.45, 2.75) is 69.7 Å². The van der Waals surface area contributed by atoms with Crippen LogP contribution in [0.4, 0.5) is 4.39 Å². The van der Waals surface area contributed by atoms with Crippen LogP contribution in [-0.4, -0.2) is 46.1 Å². The molecule has 4 rings (SSSR count). The van der Waals surface area contributed by atoms with Gasteiger partial charge in [-0.15, -0.1) is 11.8 Å². The summed E-state index contributed by atoms with van der Waals surface area (Å²) in [6.45, 7) is 3.17. The van der Waals surface area contributed by atoms with Crippen molar-refractivity contribution in [3.63, 3.8) is 0 Å². The number of benzene rings is 2. The minimum Gasteiger partial charge on any atom is -0.352 e. The summed E-state index contributed by atoms with van der Waals surface area (Å²) < 4.78 is 14.4. The number of carbonyl (C=O) groups excluding carboxylic acids is 2. The number of carbonyl (C=O) groups is 2. The lowest BCUT2D eigenvalue weighted by Gasteiger charge is -2.44. The third kappa shape index (κ3) is 7.64. The molecule has 1 aliphatic carbocycles. The van der Waals surface area contributed by atoms with Gasteiger partial charge in [0.25, 0.3) is 11.8 Å². The molecule has 1 aliphatic heterocycles. The molecule has 2 atom stereocenters. The minimum atomic E-state index is -0.268. The van der Waals surface area contributed by atoms with Crippen molar-refractivity contribution < 1.29 is 14.0 Å². The molecule has 0 spiro atoms. The van der Waals surface area contributed by atoms with Gasteiger partial charge in [0, 0.05) is 35.5 Å². The van der Waals surface area contributed by atoms with E-state index in [1.54, 1.807) is 23.9 Å². The Kier molecular flexibility index (Phi) is 10.6. The zero-order valence-corrected chi connectivity index (χ0v) is 23.2. The Hall–Kier alpha value is -2.25. The van der Waals surface area contributed by atoms with Crippen molar-refractivity contribution in [2.75, 3.05) is 18.1 Å². The Morgan fingerprint density at radius 2 is 1.86 bits per heavy atom. The van der Waals surface area contributed by atoms with Crippen molar-refractivity contribution in [1.29, 1.82) is 0 Å². The molecule has 2 aromatic carbocycles. The third-order valence-electron chi connectivity index (χ3n) is 6.98. The summed E-state index contributed by atoms with van der Waals surface area (Å²) in [6.07, 6.45) is 9.63. The van der Waals surface area contributed by atoms with Gasteiger partial charge in [-0.2, -0.15) is 11.8 Å². The van der Waals surface area contributed by atoms with E-state index in [1.165, 1.54) is 24.7 Å². The van der Waals surface area contributed by atoms with Crippen molar-refractivity contribution in [2.24, 2.45) is 0 Å². The Balaban J connectivity index is 1.39. The normalized spacial score (nSPS) is 20.6. The first-order valence-electron chi connectivity index (χ1n) is 13.5. The second-order valence-corrected chi connectivity index (χ2v) is 12.2. The molecule has 0 bridgehead atoms. The first-order chi connectivity index (χ1) is 18.1. The molecule has 2 aromatic rings. The molecular weight excluding hydrogens is 503 g/mol. The maximum atomic E-state index is 14.4. The molecule has 1 heterocycles. The van der Waals surface area contributed by atoms with Gasteiger partial charge >= 0.3 is 0 Å². The quantitative estimate of drug-likeness (QED) is 0.249. The van der Waals surface area contributed by atoms with Crippen LogP contribution in [0.5, 0.6) is 0 Å². The fraction of sp³-hybridized carbons (Fsp3) is 0.467. The highest BCUT2D eigenvalue weighted by Gasteiger charge is 2.40. The standard InChI is InChI=1S/C30H37FN2O2S2/c1-2-3-18-36-19-8-17-32-29(34)23-15-13-22(14-16-23)20-28-30(35)33(21-24-9-4-5-10-25(24)31)26-11-6-7-12-27(26)37-28/h4-5,9-10,13-16,20,26-27H,2-3,6-8,11-12,17-19,21H2,1H3,(H,32,34)/b28-20-. The second-order valence-electron chi connectivity index (χ2n) is 9.74. The number of rotatable bonds is 11. The number of amides is 2. The number of unbranched alkanes of at least 4 members (excludes halogenated alkanes) is 1. The molecular formula is C30H37FN2O2S2. The van der Waals surface area contributed by atoms with Crippen LogP contribution in [0.1, 0.15) is 73.4 Å². The Morgan fingerprint density at radius 3 is 2.65 bits per heavy atom. The molecule has 37 heavy (non-hydrogen) atoms. The summed E-state index contributed by atoms with van der Waals surface area (Å²) in [7, 11) is 0. The first-order valence-corrected chi connectivity index (χ1v) is 15.5. The van der Waals surface area contributed by atoms with Gasteiger partial charge in [0.15, 0.2) is 0 Å². The van der Waals surface area contributed by atoms with E-state index in [2.05, 4.69) is 12.2 Å². The lowest BCUT2D eigenvalue weighted by molar-refractivity contribution is -0.130. The van der Waals surface area contributed by atoms with Crippen molar-refractivity contribution >= 4 is 41.4 Å². The fourth-order valence-corrected chi connectivity index (χ4v) is 7.40. The zero-order valence-electron chi connectivity index (χ0n) is 21.6. The van der Waals surface area contributed by atoms with Gasteiger partial charge in [0.05, 0.1) is 4.91 Å². The fourth-order valence-electron chi connectivity index (χ4n) is 4.88. The van der Waals surface area contributed by atoms with E-state index < -0.39 is 0 Å². The molecule has 2 fully saturated rings. The van der Waals surface area contributed by atoms with Crippen LogP contribution in [-0.2, 0) is 11.3 Å². The van der Waals surface area contributed by atoms with Crippen LogP contribution in [0, 0.1) is 5.82 Å². The molecule has 7 heteroatoms. The molecule has 1 saturated heterocycles. The highest BCUT2D eigenvalue weighted by atomic mass is 32.2. The van der Waals surface area contributed by atoms with E-state index in [1.807, 2.05) is 53.1 Å². The first kappa shape index (κ1) is 27.8. The Morgan fingerprint density at radius 1 is 1.11 bits per heavy atom. The van der Waals surface area contributed by atoms with Gasteiger partial charge in [-0.05, 0) is 67.0 Å². The molecule has 0 aromatic heterocycles. The summed E-state index contributed by atoms with van der Waals surface area (Å²) >= 11 is 3.61. The largest absolute Gasteiger partial charge is 0.352 e. The van der Waals surface area contributed by atoms with Crippen molar-refractivity contribution in [3.8, 4) is 0 Å². The lowest BCUT2D eigenvalue weighted by Crippen LogP contribution is -2.50. The minimum absolute atomic E-state index is 0.0324. The van der Waals surface area contributed by atoms with Gasteiger partial charge in [-0.3, -0.25) is 9.59 Å². The maximum Gasteiger partial charge on any atom is 0.260 e. The van der Waals surface area contributed by atoms with Crippen LogP contribution in [0.3, 0.4) is 0 Å². The summed E-state index contributed by atoms with van der Waals surface area (Å²) in [5.41, 5.74) is 2.07. The van der Waals surface area contributed by atoms with Gasteiger partial charge in [0.1, 0.15) is 5.82 Å². The molecule has 4 nitrogen and oxygen atoms in total. The molecule has 2 unspecified atom stereocenters. The molecule has 198 valence electrons. The van der Waals surface area contributed by atoms with Crippen LogP contribution < -0.4 is 5.32 Å². The summed E-state index contributed by atoms with van der Waals surface area (Å²) in [4.78, 5) is 28.6. The van der Waals surface area contributed by atoms with Crippen LogP contribution in [0.25, 0.3) is 6.08 Å². The topological polar surface area (TPSA) is 49.4 Å². The summed E-state index contributed by atoms with van der Waals surface area (Å²) in [5.74, 6) is 1.88. The van der Waals surface area contributed by atoms with Gasteiger partial charge < -0.3 is 10.2 Å². The number of hydrogen-bond donors (Lipinski definition) is 1. The number of halogens is 1. The van der Waals surface area contributed by atoms with E-state index in [0.29, 0.717) is 34.4 Å². The summed E-state index contributed by atoms with van der Waals surface area (Å²) in [5, 5.41) is 3.33. The van der Waals surface area contributed by atoms with E-state index in [4.69, 9.17) is 0 Å². The SMILES string of the molecule is CCCCSCCCNC(=O)c1ccc(/C=C2\SC3CCCCC3N(Cc3ccccc3F)C2=O)cc1. The highest BCUT2D eigenvalue weighted by Crippen LogP contribution is 2.42. The zero-order chi connectivity index (χ0) is 26.0. The van der Waals surface area contributed by atoms with E-state index in [-0.39, 0.29) is 23.7 Å². The van der Waals surface area contributed by atoms with E-state index in [0.717, 1.165) is 43.4 Å². The average Bonchev–Trinajstić information content (AvgIpc) is 2.92. The molecule has 0 radical (unpaired) electrons. The monoisotopic (exact) mass is 540 g/mol. The van der Waals surface area contributed by atoms with Crippen molar-refractivity contribution in [3.05, 3.63) is 75.9 Å². The van der Waals surface area contributed by atoms with E-state index in [9.17, 15) is 14.0 Å². The smallest absolute Gasteiger partial charge is 0.260 e.